The van der Waals surface area contributed by atoms with Crippen molar-refractivity contribution in [1.82, 2.24) is 9.88 Å². The summed E-state index contributed by atoms with van der Waals surface area (Å²) in [5.74, 6) is 0. The molecule has 7 heteroatoms. The Morgan fingerprint density at radius 2 is 2.16 bits per heavy atom. The van der Waals surface area contributed by atoms with E-state index in [1.807, 2.05) is 14.1 Å². The van der Waals surface area contributed by atoms with Crippen molar-refractivity contribution in [2.75, 3.05) is 14.1 Å². The summed E-state index contributed by atoms with van der Waals surface area (Å²) in [4.78, 5) is 15.3. The van der Waals surface area contributed by atoms with Crippen molar-refractivity contribution in [2.45, 2.75) is 0 Å². The summed E-state index contributed by atoms with van der Waals surface area (Å²) in [6.45, 7) is 0. The predicted molar refractivity (Wildman–Crippen MR) is 74.7 cm³/mol. The molecular formula is C12H13N5O2. The Labute approximate surface area is 109 Å². The van der Waals surface area contributed by atoms with Gasteiger partial charge in [0.2, 0.25) is 0 Å². The van der Waals surface area contributed by atoms with Gasteiger partial charge in [0.25, 0.3) is 5.69 Å². The maximum atomic E-state index is 11.0. The van der Waals surface area contributed by atoms with E-state index in [2.05, 4.69) is 15.2 Å². The number of nitrogens with zero attached hydrogens (tertiary/aromatic N) is 4. The van der Waals surface area contributed by atoms with Crippen molar-refractivity contribution >= 4 is 29.1 Å². The number of hydrogen-bond acceptors (Lipinski definition) is 4. The number of aromatic amines is 1. The minimum atomic E-state index is -0.406. The van der Waals surface area contributed by atoms with Gasteiger partial charge >= 0.3 is 0 Å². The van der Waals surface area contributed by atoms with Crippen LogP contribution in [0.4, 0.5) is 5.69 Å². The molecule has 1 aromatic heterocycles. The average molecular weight is 259 g/mol. The number of aromatic nitrogens is 1. The van der Waals surface area contributed by atoms with Gasteiger partial charge in [0.05, 0.1) is 22.0 Å². The van der Waals surface area contributed by atoms with E-state index < -0.39 is 4.92 Å². The Hall–Kier alpha value is -2.70. The highest BCUT2D eigenvalue weighted by atomic mass is 16.6. The van der Waals surface area contributed by atoms with Crippen molar-refractivity contribution in [3.8, 4) is 0 Å². The second kappa shape index (κ2) is 5.30. The molecule has 0 bridgehead atoms. The van der Waals surface area contributed by atoms with Crippen LogP contribution in [0, 0.1) is 10.1 Å². The Kier molecular flexibility index (Phi) is 3.56. The fourth-order valence-corrected chi connectivity index (χ4v) is 1.67. The number of rotatable bonds is 4. The first kappa shape index (κ1) is 12.7. The van der Waals surface area contributed by atoms with E-state index in [0.717, 1.165) is 0 Å². The minimum Gasteiger partial charge on any atom is -0.367 e. The zero-order valence-corrected chi connectivity index (χ0v) is 10.6. The van der Waals surface area contributed by atoms with E-state index in [9.17, 15) is 10.1 Å². The third kappa shape index (κ3) is 2.76. The van der Waals surface area contributed by atoms with Crippen LogP contribution >= 0.6 is 0 Å². The van der Waals surface area contributed by atoms with Crippen molar-refractivity contribution in [3.05, 3.63) is 40.1 Å². The highest BCUT2D eigenvalue weighted by Crippen LogP contribution is 2.27. The lowest BCUT2D eigenvalue weighted by Crippen LogP contribution is -2.06. The Balaban J connectivity index is 2.42. The monoisotopic (exact) mass is 259 g/mol. The second-order valence-electron chi connectivity index (χ2n) is 4.14. The second-order valence-corrected chi connectivity index (χ2v) is 4.14. The number of fused-ring (bicyclic) bond motifs is 1. The minimum absolute atomic E-state index is 0.0526. The van der Waals surface area contributed by atoms with Crippen LogP contribution < -0.4 is 0 Å². The molecule has 1 aromatic carbocycles. The molecule has 0 saturated carbocycles. The summed E-state index contributed by atoms with van der Waals surface area (Å²) in [6.07, 6.45) is 4.71. The van der Waals surface area contributed by atoms with E-state index >= 15 is 0 Å². The lowest BCUT2D eigenvalue weighted by atomic mass is 10.1. The fraction of sp³-hybridized carbons (Fsp3) is 0.167. The molecule has 98 valence electrons. The van der Waals surface area contributed by atoms with Crippen LogP contribution in [0.2, 0.25) is 0 Å². The summed E-state index contributed by atoms with van der Waals surface area (Å²) in [5.41, 5.74) is 1.39. The number of H-pyrrole nitrogens is 1. The summed E-state index contributed by atoms with van der Waals surface area (Å²) in [5, 5.41) is 19.2. The van der Waals surface area contributed by atoms with Crippen LogP contribution in [0.15, 0.2) is 34.6 Å². The molecule has 1 heterocycles. The first-order valence-electron chi connectivity index (χ1n) is 5.57. The lowest BCUT2D eigenvalue weighted by molar-refractivity contribution is -0.383. The van der Waals surface area contributed by atoms with Crippen LogP contribution in [0.3, 0.4) is 0 Å². The third-order valence-electron chi connectivity index (χ3n) is 2.46. The summed E-state index contributed by atoms with van der Waals surface area (Å²) in [7, 11) is 3.66. The molecule has 0 aliphatic heterocycles. The zero-order valence-electron chi connectivity index (χ0n) is 10.6. The normalized spacial score (nSPS) is 11.7. The van der Waals surface area contributed by atoms with E-state index in [4.69, 9.17) is 0 Å². The molecule has 2 rings (SSSR count). The molecule has 19 heavy (non-hydrogen) atoms. The van der Waals surface area contributed by atoms with Gasteiger partial charge in [-0.05, 0) is 6.07 Å². The van der Waals surface area contributed by atoms with Gasteiger partial charge in [0.1, 0.15) is 6.34 Å². The van der Waals surface area contributed by atoms with E-state index in [0.29, 0.717) is 16.5 Å². The summed E-state index contributed by atoms with van der Waals surface area (Å²) in [6, 6.07) is 4.89. The number of hydrogen-bond donors (Lipinski definition) is 1. The topological polar surface area (TPSA) is 86.9 Å². The number of benzene rings is 1. The largest absolute Gasteiger partial charge is 0.367 e. The number of nitrogens with one attached hydrogen (secondary N) is 1. The van der Waals surface area contributed by atoms with Gasteiger partial charge in [-0.25, -0.2) is 0 Å². The molecule has 0 aliphatic rings. The van der Waals surface area contributed by atoms with Gasteiger partial charge in [0.15, 0.2) is 0 Å². The molecule has 0 amide bonds. The van der Waals surface area contributed by atoms with Gasteiger partial charge in [-0.2, -0.15) is 5.10 Å². The van der Waals surface area contributed by atoms with Crippen molar-refractivity contribution in [2.24, 2.45) is 10.2 Å². The Morgan fingerprint density at radius 1 is 1.37 bits per heavy atom. The SMILES string of the molecule is CN(C)C=NN=Cc1c[nH]c2cccc([N+](=O)[O-])c12. The van der Waals surface area contributed by atoms with E-state index in [-0.39, 0.29) is 5.69 Å². The van der Waals surface area contributed by atoms with Gasteiger partial charge in [0, 0.05) is 31.9 Å². The molecule has 0 spiro atoms. The molecule has 7 nitrogen and oxygen atoms in total. The molecule has 0 radical (unpaired) electrons. The fourth-order valence-electron chi connectivity index (χ4n) is 1.67. The quantitative estimate of drug-likeness (QED) is 0.394. The van der Waals surface area contributed by atoms with Gasteiger partial charge in [-0.3, -0.25) is 10.1 Å². The maximum Gasteiger partial charge on any atom is 0.279 e. The lowest BCUT2D eigenvalue weighted by Gasteiger charge is -1.98. The van der Waals surface area contributed by atoms with Crippen LogP contribution in [0.1, 0.15) is 5.56 Å². The smallest absolute Gasteiger partial charge is 0.279 e. The number of non-ortho nitro benzene ring substituents is 1. The van der Waals surface area contributed by atoms with Gasteiger partial charge < -0.3 is 9.88 Å². The van der Waals surface area contributed by atoms with Crippen LogP contribution in [0.5, 0.6) is 0 Å². The number of nitro groups is 1. The average Bonchev–Trinajstić information content (AvgIpc) is 2.77. The first-order chi connectivity index (χ1) is 9.09. The predicted octanol–water partition coefficient (Wildman–Crippen LogP) is 2.00. The highest BCUT2D eigenvalue weighted by Gasteiger charge is 2.15. The molecule has 1 N–H and O–H groups in total. The highest BCUT2D eigenvalue weighted by molar-refractivity contribution is 6.03. The van der Waals surface area contributed by atoms with Crippen molar-refractivity contribution < 1.29 is 4.92 Å². The molecule has 0 fully saturated rings. The third-order valence-corrected chi connectivity index (χ3v) is 2.46. The molecule has 0 saturated heterocycles. The summed E-state index contributed by atoms with van der Waals surface area (Å²) >= 11 is 0. The summed E-state index contributed by atoms with van der Waals surface area (Å²) < 4.78 is 0. The van der Waals surface area contributed by atoms with Crippen LogP contribution in [0.25, 0.3) is 10.9 Å². The zero-order chi connectivity index (χ0) is 13.8. The number of nitro benzene ring substituents is 1. The molecule has 0 unspecified atom stereocenters. The Bertz CT molecular complexity index is 657. The van der Waals surface area contributed by atoms with E-state index in [1.54, 1.807) is 29.6 Å². The maximum absolute atomic E-state index is 11.0. The standard InChI is InChI=1S/C12H13N5O2/c1-16(2)8-15-14-7-9-6-13-10-4-3-5-11(12(9)10)17(18)19/h3-8,13H,1-2H3. The van der Waals surface area contributed by atoms with Gasteiger partial charge in [-0.1, -0.05) is 6.07 Å². The molecule has 2 aromatic rings. The molecular weight excluding hydrogens is 246 g/mol. The van der Waals surface area contributed by atoms with Gasteiger partial charge in [-0.15, -0.1) is 5.10 Å². The van der Waals surface area contributed by atoms with Crippen LogP contribution in [-0.2, 0) is 0 Å². The molecule has 0 atom stereocenters. The van der Waals surface area contributed by atoms with Crippen molar-refractivity contribution in [1.29, 1.82) is 0 Å². The van der Waals surface area contributed by atoms with E-state index in [1.165, 1.54) is 12.3 Å². The Morgan fingerprint density at radius 3 is 2.84 bits per heavy atom. The first-order valence-corrected chi connectivity index (χ1v) is 5.57. The van der Waals surface area contributed by atoms with Crippen LogP contribution in [-0.4, -0.2) is 41.5 Å². The van der Waals surface area contributed by atoms with Crippen molar-refractivity contribution in [3.63, 3.8) is 0 Å². The molecule has 0 aliphatic carbocycles.